The Kier molecular flexibility index (Phi) is 13.9. The molecule has 6 rings (SSSR count). The van der Waals surface area contributed by atoms with Crippen LogP contribution in [0.15, 0.2) is 121 Å². The number of nitrogens with one attached hydrogen (secondary N) is 2. The van der Waals surface area contributed by atoms with Crippen LogP contribution < -0.4 is 10.6 Å². The number of carbonyl (C=O) groups excluding carboxylic acids is 2. The van der Waals surface area contributed by atoms with Gasteiger partial charge < -0.3 is 15.4 Å². The van der Waals surface area contributed by atoms with E-state index in [0.717, 1.165) is 73.3 Å². The van der Waals surface area contributed by atoms with Crippen LogP contribution in [0.25, 0.3) is 0 Å². The van der Waals surface area contributed by atoms with Crippen LogP contribution in [0.1, 0.15) is 92.2 Å². The number of nitrogens with zero attached hydrogens (tertiary/aromatic N) is 6. The number of hydrogen-bond acceptors (Lipinski definition) is 7. The van der Waals surface area contributed by atoms with Crippen LogP contribution in [0.3, 0.4) is 0 Å². The Morgan fingerprint density at radius 1 is 0.764 bits per heavy atom. The number of benzene rings is 3. The summed E-state index contributed by atoms with van der Waals surface area (Å²) < 4.78 is 9.62. The minimum absolute atomic E-state index is 0.0198. The van der Waals surface area contributed by atoms with Gasteiger partial charge in [0.05, 0.1) is 37.7 Å². The van der Waals surface area contributed by atoms with E-state index in [1.54, 1.807) is 6.92 Å². The fraction of sp³-hybridized carbons (Fsp3) is 0.364. The quantitative estimate of drug-likeness (QED) is 0.0914. The van der Waals surface area contributed by atoms with Crippen molar-refractivity contribution in [3.63, 3.8) is 0 Å². The molecule has 11 heteroatoms. The number of amides is 2. The molecule has 3 aromatic carbocycles. The Morgan fingerprint density at radius 2 is 1.35 bits per heavy atom. The molecule has 0 radical (unpaired) electrons. The van der Waals surface area contributed by atoms with Gasteiger partial charge in [-0.15, -0.1) is 10.2 Å². The first-order valence-electron chi connectivity index (χ1n) is 19.3. The second-order valence-electron chi connectivity index (χ2n) is 14.5. The molecule has 1 aliphatic carbocycles. The van der Waals surface area contributed by atoms with Gasteiger partial charge >= 0.3 is 0 Å². The molecule has 0 bridgehead atoms. The van der Waals surface area contributed by atoms with E-state index in [1.165, 1.54) is 11.1 Å². The fourth-order valence-corrected chi connectivity index (χ4v) is 6.80. The monoisotopic (exact) mass is 740 g/mol. The van der Waals surface area contributed by atoms with Crippen LogP contribution in [-0.2, 0) is 47.1 Å². The standard InChI is InChI=1S/C44H52N8O3/c1-32(2)44(54)46-43(37-16-8-5-9-17-37)39-24-20-35(21-25-39)13-11-27-52-29-41(48-50-52)31-55-30-40-28-51(49-47-40)26-10-12-34-18-22-38(23-19-34)42(45-33(3)53)36-14-6-4-7-15-36/h4-9,14-22,24-25,28-29,32,38,42-43H,10-13,23,26-27,30-31H2,1-3H3,(H,45,53)(H,46,54)/t38?,42-,43-/m0/s1. The zero-order valence-corrected chi connectivity index (χ0v) is 32.1. The number of carbonyl (C=O) groups is 2. The molecule has 2 aromatic heterocycles. The highest BCUT2D eigenvalue weighted by Gasteiger charge is 2.23. The van der Waals surface area contributed by atoms with Crippen molar-refractivity contribution in [3.05, 3.63) is 155 Å². The first kappa shape index (κ1) is 39.0. The summed E-state index contributed by atoms with van der Waals surface area (Å²) in [7, 11) is 0. The smallest absolute Gasteiger partial charge is 0.223 e. The minimum atomic E-state index is -0.186. The van der Waals surface area contributed by atoms with E-state index >= 15 is 0 Å². The Labute approximate surface area is 323 Å². The number of hydrogen-bond donors (Lipinski definition) is 2. The molecule has 286 valence electrons. The highest BCUT2D eigenvalue weighted by Crippen LogP contribution is 2.31. The van der Waals surface area contributed by atoms with Crippen LogP contribution in [0.2, 0.25) is 0 Å². The number of rotatable bonds is 19. The lowest BCUT2D eigenvalue weighted by Gasteiger charge is -2.27. The highest BCUT2D eigenvalue weighted by molar-refractivity contribution is 5.78. The van der Waals surface area contributed by atoms with E-state index in [-0.39, 0.29) is 35.7 Å². The zero-order chi connectivity index (χ0) is 38.4. The molecular formula is C44H52N8O3. The number of allylic oxidation sites excluding steroid dienone is 3. The van der Waals surface area contributed by atoms with Gasteiger partial charge in [-0.3, -0.25) is 19.0 Å². The van der Waals surface area contributed by atoms with Crippen LogP contribution in [0.4, 0.5) is 0 Å². The lowest BCUT2D eigenvalue weighted by atomic mass is 9.85. The molecule has 11 nitrogen and oxygen atoms in total. The largest absolute Gasteiger partial charge is 0.369 e. The molecule has 55 heavy (non-hydrogen) atoms. The fourth-order valence-electron chi connectivity index (χ4n) is 6.80. The Bertz CT molecular complexity index is 2020. The molecule has 0 spiro atoms. The van der Waals surface area contributed by atoms with Gasteiger partial charge in [-0.05, 0) is 54.4 Å². The van der Waals surface area contributed by atoms with Crippen molar-refractivity contribution in [1.29, 1.82) is 0 Å². The van der Waals surface area contributed by atoms with Gasteiger partial charge in [0.1, 0.15) is 11.4 Å². The predicted octanol–water partition coefficient (Wildman–Crippen LogP) is 7.24. The van der Waals surface area contributed by atoms with E-state index in [4.69, 9.17) is 4.74 Å². The Balaban J connectivity index is 0.882. The van der Waals surface area contributed by atoms with Crippen molar-refractivity contribution in [2.24, 2.45) is 11.8 Å². The van der Waals surface area contributed by atoms with Crippen LogP contribution in [0, 0.1) is 11.8 Å². The third kappa shape index (κ3) is 11.7. The van der Waals surface area contributed by atoms with Gasteiger partial charge in [0.2, 0.25) is 11.8 Å². The van der Waals surface area contributed by atoms with Crippen LogP contribution in [-0.4, -0.2) is 41.8 Å². The van der Waals surface area contributed by atoms with E-state index < -0.39 is 0 Å². The molecule has 0 saturated carbocycles. The third-order valence-corrected chi connectivity index (χ3v) is 9.79. The van der Waals surface area contributed by atoms with Crippen molar-refractivity contribution in [1.82, 2.24) is 40.6 Å². The van der Waals surface area contributed by atoms with Crippen molar-refractivity contribution < 1.29 is 14.3 Å². The average Bonchev–Trinajstić information content (AvgIpc) is 3.86. The molecule has 2 heterocycles. The Hall–Kier alpha value is -5.68. The first-order chi connectivity index (χ1) is 26.8. The van der Waals surface area contributed by atoms with Crippen LogP contribution >= 0.6 is 0 Å². The number of ether oxygens (including phenoxy) is 1. The summed E-state index contributed by atoms with van der Waals surface area (Å²) in [6, 6.07) is 28.5. The Morgan fingerprint density at radius 3 is 1.91 bits per heavy atom. The normalized spacial score (nSPS) is 15.1. The third-order valence-electron chi connectivity index (χ3n) is 9.79. The molecule has 0 saturated heterocycles. The molecule has 1 aliphatic rings. The maximum Gasteiger partial charge on any atom is 0.223 e. The summed E-state index contributed by atoms with van der Waals surface area (Å²) in [6.07, 6.45) is 15.2. The van der Waals surface area contributed by atoms with Crippen molar-refractivity contribution in [3.8, 4) is 0 Å². The van der Waals surface area contributed by atoms with Gasteiger partial charge in [-0.2, -0.15) is 0 Å². The first-order valence-corrected chi connectivity index (χ1v) is 19.3. The maximum atomic E-state index is 12.6. The second kappa shape index (κ2) is 19.6. The van der Waals surface area contributed by atoms with E-state index in [9.17, 15) is 9.59 Å². The summed E-state index contributed by atoms with van der Waals surface area (Å²) >= 11 is 0. The SMILES string of the molecule is CC(=O)N[C@@H](c1ccccc1)C1C=CC(CCCn2cc(COCc3cn(CCCc4ccc([C@@H](NC(=O)C(C)C)c5ccccc5)cc4)nn3)nn2)=CC1. The summed E-state index contributed by atoms with van der Waals surface area (Å²) in [4.78, 5) is 24.5. The van der Waals surface area contributed by atoms with E-state index in [2.05, 4.69) is 85.9 Å². The maximum absolute atomic E-state index is 12.6. The number of aryl methyl sites for hydroxylation is 3. The summed E-state index contributed by atoms with van der Waals surface area (Å²) in [5.41, 5.74) is 7.33. The van der Waals surface area contributed by atoms with Crippen LogP contribution in [0.5, 0.6) is 0 Å². The van der Waals surface area contributed by atoms with E-state index in [0.29, 0.717) is 13.2 Å². The molecule has 3 atom stereocenters. The molecule has 1 unspecified atom stereocenters. The highest BCUT2D eigenvalue weighted by atomic mass is 16.5. The predicted molar refractivity (Wildman–Crippen MR) is 212 cm³/mol. The van der Waals surface area contributed by atoms with Crippen molar-refractivity contribution in [2.45, 2.75) is 91.3 Å². The lowest BCUT2D eigenvalue weighted by molar-refractivity contribution is -0.124. The number of aromatic nitrogens is 6. The molecule has 0 aliphatic heterocycles. The molecule has 5 aromatic rings. The summed E-state index contributed by atoms with van der Waals surface area (Å²) in [6.45, 7) is 7.60. The van der Waals surface area contributed by atoms with E-state index in [1.807, 2.05) is 84.1 Å². The van der Waals surface area contributed by atoms with Crippen molar-refractivity contribution in [2.75, 3.05) is 0 Å². The lowest BCUT2D eigenvalue weighted by Crippen LogP contribution is -2.32. The van der Waals surface area contributed by atoms with Gasteiger partial charge in [-0.25, -0.2) is 0 Å². The molecular weight excluding hydrogens is 689 g/mol. The van der Waals surface area contributed by atoms with Gasteiger partial charge in [0, 0.05) is 31.8 Å². The summed E-state index contributed by atoms with van der Waals surface area (Å²) in [5.74, 6) is 0.148. The zero-order valence-electron chi connectivity index (χ0n) is 32.1. The molecule has 2 amide bonds. The second-order valence-corrected chi connectivity index (χ2v) is 14.5. The topological polar surface area (TPSA) is 129 Å². The van der Waals surface area contributed by atoms with Gasteiger partial charge in [0.15, 0.2) is 0 Å². The van der Waals surface area contributed by atoms with Gasteiger partial charge in [-0.1, -0.05) is 133 Å². The average molecular weight is 741 g/mol. The molecule has 2 N–H and O–H groups in total. The minimum Gasteiger partial charge on any atom is -0.369 e. The summed E-state index contributed by atoms with van der Waals surface area (Å²) in [5, 5.41) is 23.5. The van der Waals surface area contributed by atoms with Crippen molar-refractivity contribution >= 4 is 11.8 Å². The molecule has 0 fully saturated rings. The van der Waals surface area contributed by atoms with Gasteiger partial charge in [0.25, 0.3) is 0 Å².